The van der Waals surface area contributed by atoms with Crippen LogP contribution in [0.5, 0.6) is 0 Å². The quantitative estimate of drug-likeness (QED) is 0.797. The third kappa shape index (κ3) is 1.34. The zero-order valence-electron chi connectivity index (χ0n) is 8.05. The number of fused-ring (bicyclic) bond motifs is 2. The number of carbonyl (C=O) groups is 1. The summed E-state index contributed by atoms with van der Waals surface area (Å²) in [4.78, 5) is 10.6. The van der Waals surface area contributed by atoms with Crippen molar-refractivity contribution in [2.24, 2.45) is 0 Å². The van der Waals surface area contributed by atoms with Crippen molar-refractivity contribution in [3.8, 4) is 0 Å². The first kappa shape index (κ1) is 8.91. The summed E-state index contributed by atoms with van der Waals surface area (Å²) >= 11 is 0. The van der Waals surface area contributed by atoms with E-state index in [-0.39, 0.29) is 17.7 Å². The monoisotopic (exact) mass is 209 g/mol. The second-order valence-corrected chi connectivity index (χ2v) is 4.14. The van der Waals surface area contributed by atoms with Gasteiger partial charge in [0.15, 0.2) is 5.69 Å². The van der Waals surface area contributed by atoms with E-state index in [1.54, 1.807) is 0 Å². The highest BCUT2D eigenvalue weighted by atomic mass is 16.5. The van der Waals surface area contributed by atoms with Crippen LogP contribution in [0.4, 0.5) is 0 Å². The Bertz CT molecular complexity index is 400. The van der Waals surface area contributed by atoms with E-state index >= 15 is 0 Å². The fraction of sp³-hybridized carbons (Fsp3) is 0.600. The zero-order chi connectivity index (χ0) is 10.4. The normalized spacial score (nSPS) is 33.5. The molecule has 0 saturated carbocycles. The second-order valence-electron chi connectivity index (χ2n) is 4.14. The highest BCUT2D eigenvalue weighted by molar-refractivity contribution is 5.85. The predicted octanol–water partition coefficient (Wildman–Crippen LogP) is 1.41. The van der Waals surface area contributed by atoms with Gasteiger partial charge in [-0.1, -0.05) is 5.16 Å². The Balaban J connectivity index is 1.84. The van der Waals surface area contributed by atoms with Gasteiger partial charge in [0, 0.05) is 12.0 Å². The van der Waals surface area contributed by atoms with E-state index in [0.29, 0.717) is 11.9 Å². The molecule has 15 heavy (non-hydrogen) atoms. The van der Waals surface area contributed by atoms with Crippen molar-refractivity contribution in [1.82, 2.24) is 5.16 Å². The van der Waals surface area contributed by atoms with E-state index in [9.17, 15) is 4.79 Å². The van der Waals surface area contributed by atoms with E-state index in [1.807, 2.05) is 0 Å². The van der Waals surface area contributed by atoms with E-state index in [0.717, 1.165) is 19.3 Å². The topological polar surface area (TPSA) is 72.6 Å². The average molecular weight is 209 g/mol. The summed E-state index contributed by atoms with van der Waals surface area (Å²) in [5.41, 5.74) is -0.0206. The molecule has 2 fully saturated rings. The summed E-state index contributed by atoms with van der Waals surface area (Å²) in [6, 6.07) is 1.51. The molecule has 3 atom stereocenters. The molecule has 3 heterocycles. The van der Waals surface area contributed by atoms with Crippen LogP contribution in [-0.4, -0.2) is 28.4 Å². The molecule has 2 aliphatic heterocycles. The lowest BCUT2D eigenvalue weighted by Gasteiger charge is -2.14. The van der Waals surface area contributed by atoms with Crippen molar-refractivity contribution >= 4 is 5.97 Å². The molecule has 0 aromatic carbocycles. The largest absolute Gasteiger partial charge is 0.476 e. The summed E-state index contributed by atoms with van der Waals surface area (Å²) in [7, 11) is 0. The fourth-order valence-corrected chi connectivity index (χ4v) is 2.50. The van der Waals surface area contributed by atoms with E-state index in [1.165, 1.54) is 6.07 Å². The smallest absolute Gasteiger partial charge is 0.358 e. The van der Waals surface area contributed by atoms with Crippen LogP contribution in [0.15, 0.2) is 10.6 Å². The molecule has 0 aliphatic carbocycles. The number of aromatic nitrogens is 1. The van der Waals surface area contributed by atoms with Gasteiger partial charge in [-0.3, -0.25) is 0 Å². The van der Waals surface area contributed by atoms with Crippen LogP contribution < -0.4 is 0 Å². The first-order valence-corrected chi connectivity index (χ1v) is 5.09. The van der Waals surface area contributed by atoms with Gasteiger partial charge in [0.2, 0.25) is 0 Å². The average Bonchev–Trinajstić information content (AvgIpc) is 2.93. The molecule has 3 rings (SSSR count). The fourth-order valence-electron chi connectivity index (χ4n) is 2.50. The highest BCUT2D eigenvalue weighted by Gasteiger charge is 2.43. The lowest BCUT2D eigenvalue weighted by molar-refractivity contribution is 0.0685. The number of aromatic carboxylic acids is 1. The third-order valence-corrected chi connectivity index (χ3v) is 3.22. The van der Waals surface area contributed by atoms with Gasteiger partial charge in [-0.05, 0) is 19.3 Å². The molecular formula is C10H11NO4. The van der Waals surface area contributed by atoms with Gasteiger partial charge in [-0.25, -0.2) is 4.79 Å². The molecule has 2 saturated heterocycles. The maximum atomic E-state index is 10.6. The lowest BCUT2D eigenvalue weighted by atomic mass is 9.87. The molecule has 3 unspecified atom stereocenters. The van der Waals surface area contributed by atoms with Gasteiger partial charge in [0.1, 0.15) is 5.76 Å². The Labute approximate surface area is 86.0 Å². The summed E-state index contributed by atoms with van der Waals surface area (Å²) in [6.07, 6.45) is 3.61. The first-order chi connectivity index (χ1) is 7.24. The van der Waals surface area contributed by atoms with Gasteiger partial charge < -0.3 is 14.4 Å². The predicted molar refractivity (Wildman–Crippen MR) is 48.7 cm³/mol. The molecule has 0 amide bonds. The summed E-state index contributed by atoms with van der Waals surface area (Å²) in [5.74, 6) is -0.196. The Kier molecular flexibility index (Phi) is 1.82. The van der Waals surface area contributed by atoms with Gasteiger partial charge in [0.25, 0.3) is 0 Å². The number of hydrogen-bond donors (Lipinski definition) is 1. The maximum absolute atomic E-state index is 10.6. The third-order valence-electron chi connectivity index (χ3n) is 3.22. The summed E-state index contributed by atoms with van der Waals surface area (Å²) < 4.78 is 10.7. The molecule has 0 spiro atoms. The van der Waals surface area contributed by atoms with E-state index < -0.39 is 5.97 Å². The summed E-state index contributed by atoms with van der Waals surface area (Å²) in [5, 5.41) is 12.2. The van der Waals surface area contributed by atoms with Crippen LogP contribution >= 0.6 is 0 Å². The van der Waals surface area contributed by atoms with Crippen molar-refractivity contribution in [1.29, 1.82) is 0 Å². The first-order valence-electron chi connectivity index (χ1n) is 5.09. The molecule has 0 radical (unpaired) electrons. The molecular weight excluding hydrogens is 198 g/mol. The molecule has 2 aliphatic rings. The molecule has 1 aromatic heterocycles. The van der Waals surface area contributed by atoms with E-state index in [4.69, 9.17) is 14.4 Å². The van der Waals surface area contributed by atoms with Gasteiger partial charge in [-0.2, -0.15) is 0 Å². The van der Waals surface area contributed by atoms with Crippen molar-refractivity contribution in [2.75, 3.05) is 0 Å². The number of rotatable bonds is 2. The van der Waals surface area contributed by atoms with Crippen LogP contribution in [0.2, 0.25) is 0 Å². The Hall–Kier alpha value is -1.36. The number of hydrogen-bond acceptors (Lipinski definition) is 4. The van der Waals surface area contributed by atoms with E-state index in [2.05, 4.69) is 5.16 Å². The minimum atomic E-state index is -1.05. The number of nitrogens with zero attached hydrogens (tertiary/aromatic N) is 1. The van der Waals surface area contributed by atoms with Crippen LogP contribution in [0.1, 0.15) is 41.4 Å². The molecule has 5 nitrogen and oxygen atoms in total. The molecule has 1 N–H and O–H groups in total. The maximum Gasteiger partial charge on any atom is 0.358 e. The Morgan fingerprint density at radius 2 is 2.40 bits per heavy atom. The lowest BCUT2D eigenvalue weighted by Crippen LogP contribution is -2.13. The van der Waals surface area contributed by atoms with Crippen molar-refractivity contribution in [3.63, 3.8) is 0 Å². The van der Waals surface area contributed by atoms with Gasteiger partial charge in [-0.15, -0.1) is 0 Å². The van der Waals surface area contributed by atoms with Crippen LogP contribution in [0, 0.1) is 0 Å². The van der Waals surface area contributed by atoms with Crippen LogP contribution in [-0.2, 0) is 4.74 Å². The number of carboxylic acid groups (broad SMARTS) is 1. The Morgan fingerprint density at radius 3 is 2.93 bits per heavy atom. The Morgan fingerprint density at radius 1 is 1.53 bits per heavy atom. The minimum absolute atomic E-state index is 0.0206. The minimum Gasteiger partial charge on any atom is -0.476 e. The van der Waals surface area contributed by atoms with Crippen molar-refractivity contribution < 1.29 is 19.2 Å². The second kappa shape index (κ2) is 3.06. The molecule has 1 aromatic rings. The number of carboxylic acids is 1. The zero-order valence-corrected chi connectivity index (χ0v) is 8.05. The van der Waals surface area contributed by atoms with Gasteiger partial charge >= 0.3 is 5.97 Å². The van der Waals surface area contributed by atoms with Crippen LogP contribution in [0.3, 0.4) is 0 Å². The summed E-state index contributed by atoms with van der Waals surface area (Å²) in [6.45, 7) is 0. The highest BCUT2D eigenvalue weighted by Crippen LogP contribution is 2.44. The van der Waals surface area contributed by atoms with Gasteiger partial charge in [0.05, 0.1) is 12.2 Å². The number of ether oxygens (including phenoxy) is 1. The van der Waals surface area contributed by atoms with Crippen molar-refractivity contribution in [2.45, 2.75) is 37.4 Å². The SMILES string of the molecule is O=C(O)c1cc(C2CC3CCC2O3)on1. The molecule has 5 heteroatoms. The molecule has 2 bridgehead atoms. The standard InChI is InChI=1S/C10H11NO4/c12-10(13)7-4-9(15-11-7)6-3-5-1-2-8(6)14-5/h4-6,8H,1-3H2,(H,12,13). The molecule has 80 valence electrons. The van der Waals surface area contributed by atoms with Crippen LogP contribution in [0.25, 0.3) is 0 Å². The van der Waals surface area contributed by atoms with Crippen molar-refractivity contribution in [3.05, 3.63) is 17.5 Å².